The average Bonchev–Trinajstić information content (AvgIpc) is 2.37. The number of carbonyl (C=O) groups is 1. The molecular weight excluding hydrogens is 228 g/mol. The molecule has 0 saturated heterocycles. The van der Waals surface area contributed by atoms with Gasteiger partial charge in [0.15, 0.2) is 0 Å². The molecule has 0 aromatic heterocycles. The number of hydrogen-bond donors (Lipinski definition) is 1. The first kappa shape index (κ1) is 14.7. The van der Waals surface area contributed by atoms with Crippen molar-refractivity contribution in [3.05, 3.63) is 35.9 Å². The van der Waals surface area contributed by atoms with Crippen LogP contribution in [0.5, 0.6) is 0 Å². The highest BCUT2D eigenvalue weighted by Crippen LogP contribution is 2.04. The third-order valence-corrected chi connectivity index (χ3v) is 2.72. The van der Waals surface area contributed by atoms with Gasteiger partial charge in [-0.1, -0.05) is 30.3 Å². The number of benzene rings is 1. The van der Waals surface area contributed by atoms with Crippen molar-refractivity contribution in [3.63, 3.8) is 0 Å². The number of carbonyl (C=O) groups excluding carboxylic acids is 1. The van der Waals surface area contributed by atoms with E-state index in [-0.39, 0.29) is 12.0 Å². The first-order valence-corrected chi connectivity index (χ1v) is 6.13. The van der Waals surface area contributed by atoms with E-state index in [4.69, 9.17) is 4.74 Å². The molecule has 4 nitrogen and oxygen atoms in total. The summed E-state index contributed by atoms with van der Waals surface area (Å²) in [5, 5.41) is 3.23. The van der Waals surface area contributed by atoms with Crippen LogP contribution in [0.4, 0.5) is 0 Å². The number of nitrogens with one attached hydrogen (secondary N) is 1. The van der Waals surface area contributed by atoms with E-state index in [0.717, 1.165) is 18.7 Å². The topological polar surface area (TPSA) is 41.6 Å². The summed E-state index contributed by atoms with van der Waals surface area (Å²) in [6.07, 6.45) is 0.654. The second-order valence-corrected chi connectivity index (χ2v) is 4.52. The molecule has 1 atom stereocenters. The van der Waals surface area contributed by atoms with Gasteiger partial charge in [0.25, 0.3) is 0 Å². The number of methoxy groups -OCH3 is 1. The summed E-state index contributed by atoms with van der Waals surface area (Å²) in [6.45, 7) is 1.65. The molecule has 0 aliphatic heterocycles. The van der Waals surface area contributed by atoms with Crippen LogP contribution in [-0.4, -0.2) is 51.2 Å². The van der Waals surface area contributed by atoms with E-state index in [0.29, 0.717) is 6.42 Å². The third kappa shape index (κ3) is 5.29. The molecule has 0 radical (unpaired) electrons. The van der Waals surface area contributed by atoms with Crippen LogP contribution in [-0.2, 0) is 16.0 Å². The first-order chi connectivity index (χ1) is 8.63. The maximum absolute atomic E-state index is 11.7. The van der Waals surface area contributed by atoms with Gasteiger partial charge in [-0.2, -0.15) is 0 Å². The van der Waals surface area contributed by atoms with Gasteiger partial charge in [0.2, 0.25) is 0 Å². The zero-order valence-electron chi connectivity index (χ0n) is 11.3. The molecule has 0 aliphatic carbocycles. The van der Waals surface area contributed by atoms with Gasteiger partial charge < -0.3 is 15.0 Å². The van der Waals surface area contributed by atoms with Crippen LogP contribution in [0.2, 0.25) is 0 Å². The summed E-state index contributed by atoms with van der Waals surface area (Å²) >= 11 is 0. The van der Waals surface area contributed by atoms with Gasteiger partial charge in [0.1, 0.15) is 6.04 Å². The van der Waals surface area contributed by atoms with Crippen LogP contribution < -0.4 is 5.32 Å². The van der Waals surface area contributed by atoms with E-state index in [1.807, 2.05) is 44.4 Å². The minimum atomic E-state index is -0.280. The van der Waals surface area contributed by atoms with Crippen molar-refractivity contribution in [2.75, 3.05) is 34.3 Å². The first-order valence-electron chi connectivity index (χ1n) is 6.13. The van der Waals surface area contributed by atoms with Crippen molar-refractivity contribution >= 4 is 5.97 Å². The molecule has 1 unspecified atom stereocenters. The molecule has 0 amide bonds. The molecule has 1 rings (SSSR count). The molecular formula is C14H22N2O2. The Kier molecular flexibility index (Phi) is 6.39. The standard InChI is InChI=1S/C14H22N2O2/c1-16(2)10-9-15-13(14(17)18-3)11-12-7-5-4-6-8-12/h4-8,13,15H,9-11H2,1-3H3. The second-order valence-electron chi connectivity index (χ2n) is 4.52. The minimum Gasteiger partial charge on any atom is -0.468 e. The van der Waals surface area contributed by atoms with Crippen LogP contribution in [0.1, 0.15) is 5.56 Å². The van der Waals surface area contributed by atoms with Gasteiger partial charge in [0, 0.05) is 13.1 Å². The smallest absolute Gasteiger partial charge is 0.323 e. The fraction of sp³-hybridized carbons (Fsp3) is 0.500. The van der Waals surface area contributed by atoms with E-state index in [1.165, 1.54) is 7.11 Å². The Bertz CT molecular complexity index is 352. The fourth-order valence-electron chi connectivity index (χ4n) is 1.69. The lowest BCUT2D eigenvalue weighted by atomic mass is 10.1. The predicted octanol–water partition coefficient (Wildman–Crippen LogP) is 0.922. The van der Waals surface area contributed by atoms with Crippen molar-refractivity contribution in [2.24, 2.45) is 0 Å². The monoisotopic (exact) mass is 250 g/mol. The second kappa shape index (κ2) is 7.84. The van der Waals surface area contributed by atoms with Crippen LogP contribution in [0.25, 0.3) is 0 Å². The Morgan fingerprint density at radius 1 is 1.33 bits per heavy atom. The molecule has 0 aliphatic rings. The summed E-state index contributed by atoms with van der Waals surface area (Å²) in [5.41, 5.74) is 1.13. The van der Waals surface area contributed by atoms with E-state index >= 15 is 0 Å². The number of ether oxygens (including phenoxy) is 1. The Balaban J connectivity index is 2.53. The molecule has 1 N–H and O–H groups in total. The highest BCUT2D eigenvalue weighted by Gasteiger charge is 2.18. The van der Waals surface area contributed by atoms with E-state index in [1.54, 1.807) is 0 Å². The number of rotatable bonds is 7. The van der Waals surface area contributed by atoms with Gasteiger partial charge in [-0.05, 0) is 26.1 Å². The Morgan fingerprint density at radius 3 is 2.56 bits per heavy atom. The van der Waals surface area contributed by atoms with Gasteiger partial charge in [-0.15, -0.1) is 0 Å². The lowest BCUT2D eigenvalue weighted by Gasteiger charge is -2.18. The number of likely N-dealkylation sites (N-methyl/N-ethyl adjacent to an activating group) is 1. The van der Waals surface area contributed by atoms with Gasteiger partial charge in [-0.3, -0.25) is 4.79 Å². The van der Waals surface area contributed by atoms with Crippen molar-refractivity contribution in [3.8, 4) is 0 Å². The van der Waals surface area contributed by atoms with Crippen molar-refractivity contribution in [1.82, 2.24) is 10.2 Å². The maximum Gasteiger partial charge on any atom is 0.323 e. The fourth-order valence-corrected chi connectivity index (χ4v) is 1.69. The van der Waals surface area contributed by atoms with Gasteiger partial charge in [-0.25, -0.2) is 0 Å². The van der Waals surface area contributed by atoms with Gasteiger partial charge in [0.05, 0.1) is 7.11 Å². The van der Waals surface area contributed by atoms with E-state index in [9.17, 15) is 4.79 Å². The average molecular weight is 250 g/mol. The Morgan fingerprint density at radius 2 is 2.00 bits per heavy atom. The number of hydrogen-bond acceptors (Lipinski definition) is 4. The summed E-state index contributed by atoms with van der Waals surface area (Å²) in [5.74, 6) is -0.211. The third-order valence-electron chi connectivity index (χ3n) is 2.72. The molecule has 100 valence electrons. The summed E-state index contributed by atoms with van der Waals surface area (Å²) < 4.78 is 4.83. The van der Waals surface area contributed by atoms with Crippen LogP contribution >= 0.6 is 0 Å². The predicted molar refractivity (Wildman–Crippen MR) is 72.5 cm³/mol. The highest BCUT2D eigenvalue weighted by molar-refractivity contribution is 5.76. The lowest BCUT2D eigenvalue weighted by Crippen LogP contribution is -2.42. The molecule has 1 aromatic rings. The summed E-state index contributed by atoms with van der Waals surface area (Å²) in [7, 11) is 5.44. The number of esters is 1. The normalized spacial score (nSPS) is 12.4. The minimum absolute atomic E-state index is 0.211. The quantitative estimate of drug-likeness (QED) is 0.731. The molecule has 1 aromatic carbocycles. The lowest BCUT2D eigenvalue weighted by molar-refractivity contribution is -0.143. The molecule has 18 heavy (non-hydrogen) atoms. The van der Waals surface area contributed by atoms with Crippen molar-refractivity contribution in [2.45, 2.75) is 12.5 Å². The van der Waals surface area contributed by atoms with Gasteiger partial charge >= 0.3 is 5.97 Å². The zero-order valence-corrected chi connectivity index (χ0v) is 11.3. The Labute approximate surface area is 109 Å². The van der Waals surface area contributed by atoms with Crippen LogP contribution in [0.3, 0.4) is 0 Å². The molecule has 0 bridgehead atoms. The molecule has 0 saturated carbocycles. The maximum atomic E-state index is 11.7. The highest BCUT2D eigenvalue weighted by atomic mass is 16.5. The number of nitrogens with zero attached hydrogens (tertiary/aromatic N) is 1. The summed E-state index contributed by atoms with van der Waals surface area (Å²) in [4.78, 5) is 13.8. The van der Waals surface area contributed by atoms with E-state index < -0.39 is 0 Å². The molecule has 0 fully saturated rings. The SMILES string of the molecule is COC(=O)C(Cc1ccccc1)NCCN(C)C. The van der Waals surface area contributed by atoms with Crippen LogP contribution in [0, 0.1) is 0 Å². The molecule has 0 heterocycles. The van der Waals surface area contributed by atoms with E-state index in [2.05, 4.69) is 10.2 Å². The van der Waals surface area contributed by atoms with Crippen molar-refractivity contribution < 1.29 is 9.53 Å². The zero-order chi connectivity index (χ0) is 13.4. The molecule has 0 spiro atoms. The molecule has 4 heteroatoms. The Hall–Kier alpha value is -1.39. The largest absolute Gasteiger partial charge is 0.468 e. The van der Waals surface area contributed by atoms with Crippen molar-refractivity contribution in [1.29, 1.82) is 0 Å². The van der Waals surface area contributed by atoms with Crippen LogP contribution in [0.15, 0.2) is 30.3 Å². The summed E-state index contributed by atoms with van der Waals surface area (Å²) in [6, 6.07) is 9.67.